The first-order valence-electron chi connectivity index (χ1n) is 8.29. The molecule has 0 bridgehead atoms. The van der Waals surface area contributed by atoms with Gasteiger partial charge in [0.15, 0.2) is 0 Å². The molecule has 25 heavy (non-hydrogen) atoms. The van der Waals surface area contributed by atoms with Crippen LogP contribution in [0.1, 0.15) is 51.0 Å². The summed E-state index contributed by atoms with van der Waals surface area (Å²) in [4.78, 5) is 11.8. The third kappa shape index (κ3) is 4.77. The van der Waals surface area contributed by atoms with Gasteiger partial charge in [0, 0.05) is 0 Å². The Morgan fingerprint density at radius 2 is 2.08 bits per heavy atom. The van der Waals surface area contributed by atoms with Gasteiger partial charge in [-0.05, 0) is 31.4 Å². The minimum Gasteiger partial charge on any atom is -0.365 e. The zero-order chi connectivity index (χ0) is 18.4. The molecule has 2 rings (SSSR count). The quantitative estimate of drug-likeness (QED) is 0.833. The van der Waals surface area contributed by atoms with Crippen LogP contribution in [0.3, 0.4) is 0 Å². The van der Waals surface area contributed by atoms with Gasteiger partial charge in [-0.3, -0.25) is 4.79 Å². The predicted octanol–water partition coefficient (Wildman–Crippen LogP) is 2.63. The summed E-state index contributed by atoms with van der Waals surface area (Å²) >= 11 is 0. The van der Waals surface area contributed by atoms with Crippen molar-refractivity contribution in [3.05, 3.63) is 29.6 Å². The Labute approximate surface area is 147 Å². The standard InChI is InChI=1S/C17H21FN2O4S/c1-2-15(24-12-7-4-3-5-8-12)17(21)20-25(22,23)16-10-6-9-14(18)13(16)11-19/h6,9-10,12,15H,2-5,7-8H2,1H3,(H,20,21)/t15-/m1/s1. The highest BCUT2D eigenvalue weighted by Crippen LogP contribution is 2.23. The van der Waals surface area contributed by atoms with Crippen LogP contribution in [-0.4, -0.2) is 26.5 Å². The van der Waals surface area contributed by atoms with Crippen LogP contribution in [0.25, 0.3) is 0 Å². The Morgan fingerprint density at radius 3 is 2.68 bits per heavy atom. The lowest BCUT2D eigenvalue weighted by atomic mass is 9.97. The van der Waals surface area contributed by atoms with Crippen molar-refractivity contribution in [2.45, 2.75) is 62.6 Å². The molecule has 1 N–H and O–H groups in total. The van der Waals surface area contributed by atoms with Gasteiger partial charge in [-0.15, -0.1) is 0 Å². The van der Waals surface area contributed by atoms with Crippen molar-refractivity contribution in [2.75, 3.05) is 0 Å². The fourth-order valence-corrected chi connectivity index (χ4v) is 4.04. The normalized spacial score (nSPS) is 16.8. The maximum atomic E-state index is 13.6. The second-order valence-corrected chi connectivity index (χ2v) is 7.64. The Bertz CT molecular complexity index is 767. The van der Waals surface area contributed by atoms with E-state index in [-0.39, 0.29) is 6.10 Å². The molecular weight excluding hydrogens is 347 g/mol. The monoisotopic (exact) mass is 368 g/mol. The number of benzene rings is 1. The van der Waals surface area contributed by atoms with E-state index in [0.29, 0.717) is 6.42 Å². The molecule has 0 radical (unpaired) electrons. The Hall–Kier alpha value is -1.98. The molecule has 0 spiro atoms. The number of hydrogen-bond acceptors (Lipinski definition) is 5. The van der Waals surface area contributed by atoms with Crippen molar-refractivity contribution in [1.29, 1.82) is 5.26 Å². The first kappa shape index (κ1) is 19.3. The van der Waals surface area contributed by atoms with E-state index in [4.69, 9.17) is 10.00 Å². The van der Waals surface area contributed by atoms with E-state index in [2.05, 4.69) is 0 Å². The minimum atomic E-state index is -4.36. The van der Waals surface area contributed by atoms with Crippen molar-refractivity contribution in [3.8, 4) is 6.07 Å². The predicted molar refractivity (Wildman–Crippen MR) is 88.5 cm³/mol. The van der Waals surface area contributed by atoms with Crippen LogP contribution in [-0.2, 0) is 19.6 Å². The first-order valence-corrected chi connectivity index (χ1v) is 9.78. The summed E-state index contributed by atoms with van der Waals surface area (Å²) in [6.07, 6.45) is 4.22. The first-order chi connectivity index (χ1) is 11.9. The largest absolute Gasteiger partial charge is 0.365 e. The zero-order valence-corrected chi connectivity index (χ0v) is 14.8. The van der Waals surface area contributed by atoms with Crippen molar-refractivity contribution < 1.29 is 22.3 Å². The molecule has 0 heterocycles. The summed E-state index contributed by atoms with van der Waals surface area (Å²) in [7, 11) is -4.36. The second-order valence-electron chi connectivity index (χ2n) is 5.99. The van der Waals surface area contributed by atoms with Crippen LogP contribution >= 0.6 is 0 Å². The maximum Gasteiger partial charge on any atom is 0.265 e. The van der Waals surface area contributed by atoms with E-state index in [0.717, 1.165) is 44.2 Å². The number of halogens is 1. The fraction of sp³-hybridized carbons (Fsp3) is 0.529. The number of sulfonamides is 1. The van der Waals surface area contributed by atoms with E-state index >= 15 is 0 Å². The molecule has 1 fully saturated rings. The van der Waals surface area contributed by atoms with Crippen LogP contribution < -0.4 is 4.72 Å². The summed E-state index contributed by atoms with van der Waals surface area (Å²) in [6.45, 7) is 1.72. The number of carbonyl (C=O) groups is 1. The average molecular weight is 368 g/mol. The smallest absolute Gasteiger partial charge is 0.265 e. The second kappa shape index (κ2) is 8.41. The average Bonchev–Trinajstić information content (AvgIpc) is 2.59. The summed E-state index contributed by atoms with van der Waals surface area (Å²) < 4.78 is 46.0. The van der Waals surface area contributed by atoms with E-state index in [9.17, 15) is 17.6 Å². The lowest BCUT2D eigenvalue weighted by Crippen LogP contribution is -2.41. The molecule has 0 aliphatic heterocycles. The number of carbonyl (C=O) groups excluding carboxylic acids is 1. The summed E-state index contributed by atoms with van der Waals surface area (Å²) in [5, 5.41) is 8.98. The van der Waals surface area contributed by atoms with Gasteiger partial charge in [-0.2, -0.15) is 5.26 Å². The fourth-order valence-electron chi connectivity index (χ4n) is 2.87. The number of amides is 1. The number of nitrogens with one attached hydrogen (secondary N) is 1. The van der Waals surface area contributed by atoms with Gasteiger partial charge >= 0.3 is 0 Å². The highest BCUT2D eigenvalue weighted by molar-refractivity contribution is 7.90. The molecule has 8 heteroatoms. The van der Waals surface area contributed by atoms with Crippen LogP contribution in [0.5, 0.6) is 0 Å². The maximum absolute atomic E-state index is 13.6. The number of rotatable bonds is 6. The van der Waals surface area contributed by atoms with Gasteiger partial charge in [0.2, 0.25) is 0 Å². The number of ether oxygens (including phenoxy) is 1. The number of hydrogen-bond donors (Lipinski definition) is 1. The van der Waals surface area contributed by atoms with E-state index in [1.807, 2.05) is 4.72 Å². The van der Waals surface area contributed by atoms with Gasteiger partial charge < -0.3 is 4.74 Å². The number of nitrogens with zero attached hydrogens (tertiary/aromatic N) is 1. The Morgan fingerprint density at radius 1 is 1.40 bits per heavy atom. The molecule has 136 valence electrons. The van der Waals surface area contributed by atoms with Crippen molar-refractivity contribution >= 4 is 15.9 Å². The van der Waals surface area contributed by atoms with Crippen LogP contribution in [0.15, 0.2) is 23.1 Å². The van der Waals surface area contributed by atoms with Gasteiger partial charge in [0.05, 0.1) is 6.10 Å². The number of nitriles is 1. The molecule has 0 aromatic heterocycles. The molecule has 1 atom stereocenters. The van der Waals surface area contributed by atoms with Crippen LogP contribution in [0, 0.1) is 17.1 Å². The molecule has 1 amide bonds. The molecule has 1 aromatic rings. The van der Waals surface area contributed by atoms with Gasteiger partial charge in [0.1, 0.15) is 28.4 Å². The third-order valence-electron chi connectivity index (χ3n) is 4.18. The highest BCUT2D eigenvalue weighted by Gasteiger charge is 2.29. The van der Waals surface area contributed by atoms with E-state index in [1.54, 1.807) is 6.92 Å². The summed E-state index contributed by atoms with van der Waals surface area (Å²) in [5.74, 6) is -1.76. The molecule has 1 aliphatic rings. The van der Waals surface area contributed by atoms with E-state index < -0.39 is 38.3 Å². The molecule has 1 aliphatic carbocycles. The third-order valence-corrected chi connectivity index (χ3v) is 5.57. The van der Waals surface area contributed by atoms with Crippen molar-refractivity contribution in [1.82, 2.24) is 4.72 Å². The summed E-state index contributed by atoms with van der Waals surface area (Å²) in [6, 6.07) is 4.76. The van der Waals surface area contributed by atoms with Gasteiger partial charge in [-0.1, -0.05) is 32.3 Å². The lowest BCUT2D eigenvalue weighted by molar-refractivity contribution is -0.136. The summed E-state index contributed by atoms with van der Waals surface area (Å²) in [5.41, 5.74) is -0.621. The molecule has 6 nitrogen and oxygen atoms in total. The van der Waals surface area contributed by atoms with E-state index in [1.165, 1.54) is 12.1 Å². The SMILES string of the molecule is CC[C@@H](OC1CCCCC1)C(=O)NS(=O)(=O)c1cccc(F)c1C#N. The Kier molecular flexibility index (Phi) is 6.51. The molecule has 0 unspecified atom stereocenters. The van der Waals surface area contributed by atoms with Crippen molar-refractivity contribution in [2.24, 2.45) is 0 Å². The van der Waals surface area contributed by atoms with Gasteiger partial charge in [-0.25, -0.2) is 17.5 Å². The van der Waals surface area contributed by atoms with Crippen LogP contribution in [0.4, 0.5) is 4.39 Å². The van der Waals surface area contributed by atoms with Crippen LogP contribution in [0.2, 0.25) is 0 Å². The molecular formula is C17H21FN2O4S. The topological polar surface area (TPSA) is 96.3 Å². The van der Waals surface area contributed by atoms with Gasteiger partial charge in [0.25, 0.3) is 15.9 Å². The lowest BCUT2D eigenvalue weighted by Gasteiger charge is -2.26. The Balaban J connectivity index is 2.14. The molecule has 1 aromatic carbocycles. The molecule has 0 saturated heterocycles. The van der Waals surface area contributed by atoms with Crippen molar-refractivity contribution in [3.63, 3.8) is 0 Å². The molecule has 1 saturated carbocycles. The highest BCUT2D eigenvalue weighted by atomic mass is 32.2. The minimum absolute atomic E-state index is 0.0593. The zero-order valence-electron chi connectivity index (χ0n) is 14.0.